The topological polar surface area (TPSA) is 114 Å². The van der Waals surface area contributed by atoms with Crippen LogP contribution in [0.1, 0.15) is 0 Å². The maximum Gasteiger partial charge on any atom is 0.409 e. The quantitative estimate of drug-likeness (QED) is 0.503. The number of nitrogens with two attached hydrogens (primary N) is 1. The van der Waals surface area contributed by atoms with Crippen LogP contribution in [0.15, 0.2) is 29.2 Å². The van der Waals surface area contributed by atoms with Crippen molar-refractivity contribution in [3.8, 4) is 5.75 Å². The summed E-state index contributed by atoms with van der Waals surface area (Å²) in [6.45, 7) is 4.77. The maximum absolute atomic E-state index is 12.1. The van der Waals surface area contributed by atoms with Crippen molar-refractivity contribution >= 4 is 16.1 Å². The van der Waals surface area contributed by atoms with Crippen molar-refractivity contribution in [3.63, 3.8) is 0 Å². The maximum atomic E-state index is 12.1. The van der Waals surface area contributed by atoms with Crippen LogP contribution in [0, 0.1) is 0 Å². The number of primary amides is 1. The molecule has 1 fully saturated rings. The third kappa shape index (κ3) is 5.73. The van der Waals surface area contributed by atoms with E-state index in [1.54, 1.807) is 0 Å². The smallest absolute Gasteiger partial charge is 0.409 e. The predicted octanol–water partition coefficient (Wildman–Crippen LogP) is -0.399. The van der Waals surface area contributed by atoms with E-state index >= 15 is 0 Å². The molecule has 1 amide bonds. The normalized spacial score (nSPS) is 16.9. The van der Waals surface area contributed by atoms with Gasteiger partial charge in [0.2, 0.25) is 0 Å². The Kier molecular flexibility index (Phi) is 6.52. The monoisotopic (exact) mass is 358 g/mol. The summed E-state index contributed by atoms with van der Waals surface area (Å²) in [7, 11) is -1.72. The van der Waals surface area contributed by atoms with Gasteiger partial charge in [-0.05, 0) is 31.3 Å². The van der Waals surface area contributed by atoms with E-state index in [2.05, 4.69) is 26.5 Å². The molecule has 0 unspecified atom stereocenters. The number of piperazine rings is 1. The molecule has 1 heterocycles. The number of ether oxygens (including phenoxy) is 1. The Morgan fingerprint density at radius 3 is 2.42 bits per heavy atom. The molecule has 10 heteroatoms. The van der Waals surface area contributed by atoms with E-state index in [0.717, 1.165) is 26.2 Å². The fourth-order valence-electron chi connectivity index (χ4n) is 2.22. The number of nitrogens with one attached hydrogen (secondary N) is 1. The number of carbonyl (C=O) groups is 1. The van der Waals surface area contributed by atoms with Gasteiger partial charge in [0.25, 0.3) is 10.0 Å². The SMILES string of the molecule is CN1CCN(CCONS(=O)(=O)c2ccc(OC(N)=O)cc2)CC1. The summed E-state index contributed by atoms with van der Waals surface area (Å²) >= 11 is 0. The second-order valence-electron chi connectivity index (χ2n) is 5.47. The van der Waals surface area contributed by atoms with Crippen LogP contribution in [0.5, 0.6) is 5.75 Å². The first-order valence-electron chi connectivity index (χ1n) is 7.49. The lowest BCUT2D eigenvalue weighted by Gasteiger charge is -2.32. The summed E-state index contributed by atoms with van der Waals surface area (Å²) in [5.41, 5.74) is 4.88. The molecule has 0 spiro atoms. The standard InChI is InChI=1S/C14H22N4O5S/c1-17-6-8-18(9-7-17)10-11-22-16-24(20,21)13-4-2-12(3-5-13)23-14(15)19/h2-5,16H,6-11H2,1H3,(H2,15,19). The van der Waals surface area contributed by atoms with Crippen LogP contribution in [0.3, 0.4) is 0 Å². The third-order valence-electron chi connectivity index (χ3n) is 3.63. The molecule has 3 N–H and O–H groups in total. The number of benzene rings is 1. The van der Waals surface area contributed by atoms with Gasteiger partial charge in [0.1, 0.15) is 5.75 Å². The summed E-state index contributed by atoms with van der Waals surface area (Å²) < 4.78 is 28.8. The highest BCUT2D eigenvalue weighted by Gasteiger charge is 2.16. The van der Waals surface area contributed by atoms with E-state index in [1.807, 2.05) is 0 Å². The highest BCUT2D eigenvalue weighted by Crippen LogP contribution is 2.15. The number of carbonyl (C=O) groups excluding carboxylic acids is 1. The number of sulfonamides is 1. The van der Waals surface area contributed by atoms with Gasteiger partial charge in [-0.15, -0.1) is 0 Å². The summed E-state index contributed by atoms with van der Waals surface area (Å²) in [5, 5.41) is 0. The van der Waals surface area contributed by atoms with E-state index in [9.17, 15) is 13.2 Å². The van der Waals surface area contributed by atoms with Crippen LogP contribution in [0.4, 0.5) is 4.79 Å². The van der Waals surface area contributed by atoms with Gasteiger partial charge in [0.15, 0.2) is 0 Å². The van der Waals surface area contributed by atoms with Gasteiger partial charge in [-0.25, -0.2) is 13.2 Å². The van der Waals surface area contributed by atoms with Gasteiger partial charge < -0.3 is 15.4 Å². The molecular formula is C14H22N4O5S. The van der Waals surface area contributed by atoms with Crippen LogP contribution in [0.2, 0.25) is 0 Å². The van der Waals surface area contributed by atoms with E-state index < -0.39 is 16.1 Å². The Morgan fingerprint density at radius 1 is 1.21 bits per heavy atom. The van der Waals surface area contributed by atoms with Crippen molar-refractivity contribution in [3.05, 3.63) is 24.3 Å². The van der Waals surface area contributed by atoms with Crippen molar-refractivity contribution in [2.45, 2.75) is 4.90 Å². The fraction of sp³-hybridized carbons (Fsp3) is 0.500. The van der Waals surface area contributed by atoms with Gasteiger partial charge in [-0.3, -0.25) is 9.74 Å². The summed E-state index contributed by atoms with van der Waals surface area (Å²) in [5.74, 6) is 0.164. The van der Waals surface area contributed by atoms with Gasteiger partial charge >= 0.3 is 6.09 Å². The number of likely N-dealkylation sites (N-methyl/N-ethyl adjacent to an activating group) is 1. The molecule has 134 valence electrons. The van der Waals surface area contributed by atoms with Crippen molar-refractivity contribution in [1.82, 2.24) is 14.7 Å². The zero-order valence-electron chi connectivity index (χ0n) is 13.5. The molecular weight excluding hydrogens is 336 g/mol. The molecule has 9 nitrogen and oxygen atoms in total. The second kappa shape index (κ2) is 8.40. The van der Waals surface area contributed by atoms with Crippen LogP contribution >= 0.6 is 0 Å². The molecule has 0 saturated carbocycles. The van der Waals surface area contributed by atoms with E-state index in [0.29, 0.717) is 6.54 Å². The summed E-state index contributed by atoms with van der Waals surface area (Å²) in [6, 6.07) is 5.27. The molecule has 0 atom stereocenters. The first kappa shape index (κ1) is 18.6. The van der Waals surface area contributed by atoms with Crippen LogP contribution in [0.25, 0.3) is 0 Å². The van der Waals surface area contributed by atoms with Crippen LogP contribution in [-0.4, -0.2) is 70.7 Å². The Bertz CT molecular complexity index is 642. The van der Waals surface area contributed by atoms with Gasteiger partial charge in [0.05, 0.1) is 11.5 Å². The zero-order valence-corrected chi connectivity index (χ0v) is 14.3. The van der Waals surface area contributed by atoms with Gasteiger partial charge in [-0.2, -0.15) is 0 Å². The molecule has 2 rings (SSSR count). The van der Waals surface area contributed by atoms with Crippen LogP contribution < -0.4 is 15.4 Å². The van der Waals surface area contributed by atoms with Crippen LogP contribution in [-0.2, 0) is 14.9 Å². The first-order chi connectivity index (χ1) is 11.4. The molecule has 1 saturated heterocycles. The highest BCUT2D eigenvalue weighted by molar-refractivity contribution is 7.89. The Morgan fingerprint density at radius 2 is 1.83 bits per heavy atom. The molecule has 0 aromatic heterocycles. The molecule has 1 aromatic carbocycles. The van der Waals surface area contributed by atoms with E-state index in [-0.39, 0.29) is 17.3 Å². The Hall–Kier alpha value is -1.72. The highest BCUT2D eigenvalue weighted by atomic mass is 32.2. The average molecular weight is 358 g/mol. The van der Waals surface area contributed by atoms with E-state index in [4.69, 9.17) is 10.6 Å². The lowest BCUT2D eigenvalue weighted by molar-refractivity contribution is 0.0567. The van der Waals surface area contributed by atoms with Gasteiger partial charge in [0, 0.05) is 32.7 Å². The molecule has 1 aromatic rings. The third-order valence-corrected chi connectivity index (χ3v) is 4.86. The fourth-order valence-corrected chi connectivity index (χ4v) is 3.05. The van der Waals surface area contributed by atoms with Crippen molar-refractivity contribution in [1.29, 1.82) is 0 Å². The minimum atomic E-state index is -3.79. The lowest BCUT2D eigenvalue weighted by Crippen LogP contribution is -2.45. The van der Waals surface area contributed by atoms with E-state index in [1.165, 1.54) is 24.3 Å². The number of hydrogen-bond donors (Lipinski definition) is 2. The molecule has 0 bridgehead atoms. The number of nitrogens with zero attached hydrogens (tertiary/aromatic N) is 2. The second-order valence-corrected chi connectivity index (χ2v) is 7.12. The first-order valence-corrected chi connectivity index (χ1v) is 8.97. The molecule has 0 radical (unpaired) electrons. The number of hydrogen-bond acceptors (Lipinski definition) is 7. The molecule has 1 aliphatic rings. The summed E-state index contributed by atoms with van der Waals surface area (Å²) in [4.78, 5) is 22.2. The predicted molar refractivity (Wildman–Crippen MR) is 86.9 cm³/mol. The minimum Gasteiger partial charge on any atom is -0.411 e. The van der Waals surface area contributed by atoms with Crippen molar-refractivity contribution in [2.75, 3.05) is 46.4 Å². The van der Waals surface area contributed by atoms with Crippen molar-refractivity contribution < 1.29 is 22.8 Å². The van der Waals surface area contributed by atoms with Gasteiger partial charge in [-0.1, -0.05) is 4.89 Å². The molecule has 24 heavy (non-hydrogen) atoms. The lowest BCUT2D eigenvalue weighted by atomic mass is 10.3. The zero-order chi connectivity index (χ0) is 17.6. The number of rotatable bonds is 7. The Labute approximate surface area is 141 Å². The minimum absolute atomic E-state index is 0.00100. The molecule has 1 aliphatic heterocycles. The molecule has 0 aliphatic carbocycles. The Balaban J connectivity index is 1.77. The summed E-state index contributed by atoms with van der Waals surface area (Å²) in [6.07, 6.45) is -0.962. The average Bonchev–Trinajstić information content (AvgIpc) is 2.53. The largest absolute Gasteiger partial charge is 0.411 e. The van der Waals surface area contributed by atoms with Crippen molar-refractivity contribution in [2.24, 2.45) is 5.73 Å². The number of amides is 1.